The van der Waals surface area contributed by atoms with Crippen LogP contribution in [0.5, 0.6) is 0 Å². The lowest BCUT2D eigenvalue weighted by Gasteiger charge is -2.44. The molecule has 3 nitrogen and oxygen atoms in total. The van der Waals surface area contributed by atoms with Crippen molar-refractivity contribution in [2.24, 2.45) is 0 Å². The molecule has 0 saturated heterocycles. The number of benzene rings is 5. The molecular formula is C64H72BN3S2. The maximum atomic E-state index is 5.77. The Bertz CT molecular complexity index is 3440. The highest BCUT2D eigenvalue weighted by Gasteiger charge is 2.49. The summed E-state index contributed by atoms with van der Waals surface area (Å²) in [6, 6.07) is 41.2. The predicted molar refractivity (Wildman–Crippen MR) is 309 cm³/mol. The van der Waals surface area contributed by atoms with Crippen LogP contribution < -0.4 is 24.8 Å². The lowest BCUT2D eigenvalue weighted by Crippen LogP contribution is -2.60. The Hall–Kier alpha value is -5.17. The Morgan fingerprint density at radius 2 is 0.986 bits per heavy atom. The lowest BCUT2D eigenvalue weighted by molar-refractivity contribution is 0.332. The average molecular weight is 958 g/mol. The van der Waals surface area contributed by atoms with Gasteiger partial charge in [0.15, 0.2) is 0 Å². The first kappa shape index (κ1) is 47.2. The fourth-order valence-electron chi connectivity index (χ4n) is 11.7. The number of aryl methyl sites for hydroxylation is 1. The largest absolute Gasteiger partial charge is 0.309 e. The molecule has 1 aliphatic carbocycles. The van der Waals surface area contributed by atoms with Crippen molar-refractivity contribution in [3.05, 3.63) is 142 Å². The van der Waals surface area contributed by atoms with Gasteiger partial charge in [-0.05, 0) is 151 Å². The van der Waals surface area contributed by atoms with E-state index in [0.717, 1.165) is 17.9 Å². The Balaban J connectivity index is 1.27. The molecule has 6 heteroatoms. The van der Waals surface area contributed by atoms with Crippen molar-refractivity contribution in [2.45, 2.75) is 163 Å². The van der Waals surface area contributed by atoms with E-state index < -0.39 is 0 Å². The van der Waals surface area contributed by atoms with Crippen LogP contribution in [0.2, 0.25) is 0 Å². The maximum Gasteiger partial charge on any atom is 0.279 e. The summed E-state index contributed by atoms with van der Waals surface area (Å²) in [6.45, 7) is 40.0. The highest BCUT2D eigenvalue weighted by Crippen LogP contribution is 2.54. The van der Waals surface area contributed by atoms with Gasteiger partial charge in [-0.25, -0.2) is 4.98 Å². The molecule has 5 heterocycles. The summed E-state index contributed by atoms with van der Waals surface area (Å²) in [5.41, 5.74) is 19.5. The topological polar surface area (TPSA) is 19.4 Å². The zero-order valence-corrected chi connectivity index (χ0v) is 46.6. The van der Waals surface area contributed by atoms with Crippen molar-refractivity contribution in [1.29, 1.82) is 0 Å². The molecule has 5 aromatic carbocycles. The van der Waals surface area contributed by atoms with Gasteiger partial charge in [-0.2, -0.15) is 0 Å². The molecule has 0 bridgehead atoms. The summed E-state index contributed by atoms with van der Waals surface area (Å²) in [5.74, 6) is 1.05. The number of pyridine rings is 1. The molecule has 0 unspecified atom stereocenters. The molecule has 0 atom stereocenters. The van der Waals surface area contributed by atoms with Gasteiger partial charge in [-0.3, -0.25) is 4.90 Å². The van der Waals surface area contributed by atoms with E-state index in [1.54, 1.807) is 0 Å². The smallest absolute Gasteiger partial charge is 0.279 e. The van der Waals surface area contributed by atoms with E-state index in [0.29, 0.717) is 0 Å². The molecular weight excluding hydrogens is 886 g/mol. The van der Waals surface area contributed by atoms with E-state index in [-0.39, 0.29) is 39.2 Å². The summed E-state index contributed by atoms with van der Waals surface area (Å²) in [7, 11) is 0. The van der Waals surface area contributed by atoms with Gasteiger partial charge < -0.3 is 4.90 Å². The van der Waals surface area contributed by atoms with E-state index in [1.165, 1.54) is 115 Å². The zero-order valence-electron chi connectivity index (χ0n) is 45.0. The van der Waals surface area contributed by atoms with Crippen molar-refractivity contribution >= 4 is 98.8 Å². The number of nitrogens with zero attached hydrogens (tertiary/aromatic N) is 3. The number of aromatic nitrogens is 1. The summed E-state index contributed by atoms with van der Waals surface area (Å²) >= 11 is 3.98. The van der Waals surface area contributed by atoms with E-state index >= 15 is 0 Å². The fourth-order valence-corrected chi connectivity index (χ4v) is 14.3. The lowest BCUT2D eigenvalue weighted by atomic mass is 9.39. The Kier molecular flexibility index (Phi) is 10.4. The standard InChI is InChI=1S/C64H72BN3S2/c1-37-32-50-53-58(66-37)67(43-25-26-47-48(36-43)64(16,17)31-30-63(47,14)15)54-45-34-41(61(8,9)10)23-28-51(45)69-56(54)65(53)57-55(46-35-42(62(11,12)13)24-29-52(46)70-57)68(50)49-27-22-40(60(5,6)7)33-44(49)38-18-20-39(21-19-38)59(2,3)4/h18-29,32-36H,30-31H2,1-17H3. The SMILES string of the molecule is Cc1cc2c3c(n1)N(c1ccc4c(c1)C(C)(C)CCC4(C)C)c1c(sc4ccc(C(C)(C)C)cc14)B3c1sc3ccc(C(C)(C)C)cc3c1N2c1ccc(C(C)(C)C)cc1-c1ccc(C(C)(C)C)cc1. The van der Waals surface area contributed by atoms with Crippen molar-refractivity contribution < 1.29 is 0 Å². The van der Waals surface area contributed by atoms with Crippen LogP contribution in [0.4, 0.5) is 34.3 Å². The second-order valence-electron chi connectivity index (χ2n) is 26.5. The summed E-state index contributed by atoms with van der Waals surface area (Å²) < 4.78 is 5.45. The minimum atomic E-state index is -0.0382. The number of hydrogen-bond donors (Lipinski definition) is 0. The number of thiophene rings is 2. The molecule has 3 aromatic heterocycles. The predicted octanol–water partition coefficient (Wildman–Crippen LogP) is 17.1. The quantitative estimate of drug-likeness (QED) is 0.165. The average Bonchev–Trinajstić information content (AvgIpc) is 3.85. The molecule has 2 aliphatic heterocycles. The molecule has 0 fully saturated rings. The second-order valence-corrected chi connectivity index (χ2v) is 28.7. The Morgan fingerprint density at radius 3 is 1.53 bits per heavy atom. The third-order valence-electron chi connectivity index (χ3n) is 16.2. The third-order valence-corrected chi connectivity index (χ3v) is 18.7. The first-order valence-corrected chi connectivity index (χ1v) is 27.4. The van der Waals surface area contributed by atoms with Crippen molar-refractivity contribution in [1.82, 2.24) is 4.98 Å². The molecule has 0 amide bonds. The van der Waals surface area contributed by atoms with Crippen molar-refractivity contribution in [2.75, 3.05) is 9.80 Å². The van der Waals surface area contributed by atoms with Crippen LogP contribution in [-0.4, -0.2) is 11.7 Å². The van der Waals surface area contributed by atoms with Crippen LogP contribution in [0.25, 0.3) is 31.3 Å². The third kappa shape index (κ3) is 7.43. The van der Waals surface area contributed by atoms with Crippen LogP contribution in [0.15, 0.2) is 103 Å². The van der Waals surface area contributed by atoms with Crippen LogP contribution in [0.3, 0.4) is 0 Å². The number of hydrogen-bond acceptors (Lipinski definition) is 5. The molecule has 3 aliphatic rings. The van der Waals surface area contributed by atoms with E-state index in [9.17, 15) is 0 Å². The van der Waals surface area contributed by atoms with Gasteiger partial charge in [0.2, 0.25) is 0 Å². The molecule has 0 N–H and O–H groups in total. The monoisotopic (exact) mass is 958 g/mol. The molecule has 0 saturated carbocycles. The first-order chi connectivity index (χ1) is 32.6. The van der Waals surface area contributed by atoms with Crippen LogP contribution >= 0.6 is 22.7 Å². The second kappa shape index (κ2) is 15.4. The van der Waals surface area contributed by atoms with Gasteiger partial charge in [0.25, 0.3) is 6.71 Å². The highest BCUT2D eigenvalue weighted by molar-refractivity contribution is 7.40. The molecule has 8 aromatic rings. The van der Waals surface area contributed by atoms with Gasteiger partial charge in [-0.15, -0.1) is 22.7 Å². The zero-order chi connectivity index (χ0) is 50.0. The van der Waals surface area contributed by atoms with Gasteiger partial charge in [0, 0.05) is 52.4 Å². The highest BCUT2D eigenvalue weighted by atomic mass is 32.1. The number of rotatable bonds is 3. The molecule has 358 valence electrons. The molecule has 0 spiro atoms. The van der Waals surface area contributed by atoms with E-state index in [1.807, 2.05) is 22.7 Å². The van der Waals surface area contributed by atoms with Crippen LogP contribution in [-0.2, 0) is 32.5 Å². The Morgan fingerprint density at radius 1 is 0.500 bits per heavy atom. The first-order valence-electron chi connectivity index (χ1n) is 25.8. The Labute approximate surface area is 427 Å². The molecule has 11 rings (SSSR count). The normalized spacial score (nSPS) is 16.4. The molecule has 0 radical (unpaired) electrons. The fraction of sp³-hybridized carbons (Fsp3) is 0.391. The van der Waals surface area contributed by atoms with Crippen LogP contribution in [0, 0.1) is 6.92 Å². The van der Waals surface area contributed by atoms with E-state index in [4.69, 9.17) is 4.98 Å². The summed E-state index contributed by atoms with van der Waals surface area (Å²) in [5, 5.41) is 2.64. The maximum absolute atomic E-state index is 5.77. The van der Waals surface area contributed by atoms with Crippen LogP contribution in [0.1, 0.15) is 163 Å². The number of anilines is 6. The minimum absolute atomic E-state index is 0.00191. The van der Waals surface area contributed by atoms with Crippen molar-refractivity contribution in [3.63, 3.8) is 0 Å². The summed E-state index contributed by atoms with van der Waals surface area (Å²) in [6.07, 6.45) is 2.34. The minimum Gasteiger partial charge on any atom is -0.309 e. The summed E-state index contributed by atoms with van der Waals surface area (Å²) in [4.78, 5) is 11.0. The van der Waals surface area contributed by atoms with Gasteiger partial charge >= 0.3 is 0 Å². The van der Waals surface area contributed by atoms with E-state index in [2.05, 4.69) is 231 Å². The van der Waals surface area contributed by atoms with Gasteiger partial charge in [0.05, 0.1) is 17.1 Å². The molecule has 70 heavy (non-hydrogen) atoms. The number of fused-ring (bicyclic) bond motifs is 9. The van der Waals surface area contributed by atoms with Gasteiger partial charge in [-0.1, -0.05) is 159 Å². The van der Waals surface area contributed by atoms with Crippen molar-refractivity contribution in [3.8, 4) is 11.1 Å². The van der Waals surface area contributed by atoms with Gasteiger partial charge in [0.1, 0.15) is 5.82 Å².